The summed E-state index contributed by atoms with van der Waals surface area (Å²) in [6, 6.07) is 0. The van der Waals surface area contributed by atoms with Crippen LogP contribution in [0.4, 0.5) is 5.82 Å². The Kier molecular flexibility index (Phi) is 4.87. The predicted octanol–water partition coefficient (Wildman–Crippen LogP) is 4.97. The average Bonchev–Trinajstić information content (AvgIpc) is 3.14. The summed E-state index contributed by atoms with van der Waals surface area (Å²) in [7, 11) is 0. The first-order valence-corrected chi connectivity index (χ1v) is 9.17. The molecule has 0 radical (unpaired) electrons. The number of hydrogen-bond acceptors (Lipinski definition) is 2. The van der Waals surface area contributed by atoms with Gasteiger partial charge in [-0.15, -0.1) is 0 Å². The number of anilines is 1. The zero-order valence-electron chi connectivity index (χ0n) is 13.6. The van der Waals surface area contributed by atoms with Crippen molar-refractivity contribution in [3.05, 3.63) is 11.5 Å². The number of nitrogens with zero attached hydrogens (tertiary/aromatic N) is 2. The van der Waals surface area contributed by atoms with Crippen LogP contribution in [0.2, 0.25) is 0 Å². The van der Waals surface area contributed by atoms with E-state index in [9.17, 15) is 0 Å². The molecule has 0 unspecified atom stereocenters. The van der Waals surface area contributed by atoms with Gasteiger partial charge in [-0.2, -0.15) is 0 Å². The van der Waals surface area contributed by atoms with Gasteiger partial charge in [-0.1, -0.05) is 45.4 Å². The molecule has 2 aliphatic carbocycles. The van der Waals surface area contributed by atoms with E-state index in [0.29, 0.717) is 11.8 Å². The summed E-state index contributed by atoms with van der Waals surface area (Å²) in [5.74, 6) is 3.61. The summed E-state index contributed by atoms with van der Waals surface area (Å²) in [5.41, 5.74) is 7.77. The van der Waals surface area contributed by atoms with Crippen molar-refractivity contribution in [3.63, 3.8) is 0 Å². The first-order chi connectivity index (χ1) is 10.3. The molecule has 0 saturated heterocycles. The Morgan fingerprint density at radius 3 is 2.29 bits per heavy atom. The molecule has 2 fully saturated rings. The molecule has 1 aromatic heterocycles. The van der Waals surface area contributed by atoms with Crippen molar-refractivity contribution in [2.24, 2.45) is 0 Å². The van der Waals surface area contributed by atoms with Crippen molar-refractivity contribution in [2.75, 3.05) is 5.73 Å². The highest BCUT2D eigenvalue weighted by Crippen LogP contribution is 2.40. The lowest BCUT2D eigenvalue weighted by molar-refractivity contribution is 0.413. The third-order valence-electron chi connectivity index (χ3n) is 5.51. The standard InChI is InChI=1S/C18H31N3/c1-2-3-13-21-17(19)16(14-9-7-8-10-14)20-18(21)15-11-5-4-6-12-15/h14-15H,2-13,19H2,1H3. The van der Waals surface area contributed by atoms with Gasteiger partial charge in [0.2, 0.25) is 0 Å². The van der Waals surface area contributed by atoms with Crippen molar-refractivity contribution in [3.8, 4) is 0 Å². The molecule has 2 aliphatic rings. The molecule has 2 saturated carbocycles. The fraction of sp³-hybridized carbons (Fsp3) is 0.833. The Hall–Kier alpha value is -0.990. The van der Waals surface area contributed by atoms with Crippen molar-refractivity contribution < 1.29 is 0 Å². The second kappa shape index (κ2) is 6.85. The minimum Gasteiger partial charge on any atom is -0.384 e. The van der Waals surface area contributed by atoms with E-state index in [1.807, 2.05) is 0 Å². The molecule has 2 N–H and O–H groups in total. The number of imidazole rings is 1. The lowest BCUT2D eigenvalue weighted by atomic mass is 9.88. The van der Waals surface area contributed by atoms with E-state index in [2.05, 4.69) is 11.5 Å². The van der Waals surface area contributed by atoms with Gasteiger partial charge < -0.3 is 10.3 Å². The van der Waals surface area contributed by atoms with Crippen LogP contribution in [0.15, 0.2) is 0 Å². The Morgan fingerprint density at radius 2 is 1.62 bits per heavy atom. The van der Waals surface area contributed by atoms with Gasteiger partial charge in [0.1, 0.15) is 11.6 Å². The molecule has 1 heterocycles. The van der Waals surface area contributed by atoms with Crippen LogP contribution in [0.5, 0.6) is 0 Å². The third kappa shape index (κ3) is 3.12. The minimum atomic E-state index is 0.634. The summed E-state index contributed by atoms with van der Waals surface area (Å²) < 4.78 is 2.38. The molecule has 3 nitrogen and oxygen atoms in total. The topological polar surface area (TPSA) is 43.8 Å². The van der Waals surface area contributed by atoms with Crippen LogP contribution >= 0.6 is 0 Å². The number of unbranched alkanes of at least 4 members (excludes halogenated alkanes) is 1. The molecule has 0 aromatic carbocycles. The monoisotopic (exact) mass is 289 g/mol. The van der Waals surface area contributed by atoms with E-state index in [1.165, 1.54) is 82.1 Å². The van der Waals surface area contributed by atoms with Crippen LogP contribution in [-0.4, -0.2) is 9.55 Å². The fourth-order valence-electron chi connectivity index (χ4n) is 4.23. The molecule has 0 bridgehead atoms. The van der Waals surface area contributed by atoms with Gasteiger partial charge in [0.05, 0.1) is 5.69 Å². The molecule has 3 rings (SSSR count). The Balaban J connectivity index is 1.89. The van der Waals surface area contributed by atoms with E-state index in [-0.39, 0.29) is 0 Å². The van der Waals surface area contributed by atoms with E-state index in [0.717, 1.165) is 12.4 Å². The molecule has 0 atom stereocenters. The van der Waals surface area contributed by atoms with Crippen LogP contribution < -0.4 is 5.73 Å². The van der Waals surface area contributed by atoms with Crippen molar-refractivity contribution in [2.45, 2.75) is 95.9 Å². The number of nitrogens with two attached hydrogens (primary N) is 1. The van der Waals surface area contributed by atoms with Crippen LogP contribution in [0.1, 0.15) is 101 Å². The van der Waals surface area contributed by atoms with E-state index in [4.69, 9.17) is 10.7 Å². The van der Waals surface area contributed by atoms with E-state index >= 15 is 0 Å². The van der Waals surface area contributed by atoms with Gasteiger partial charge in [-0.25, -0.2) is 4.98 Å². The highest BCUT2D eigenvalue weighted by molar-refractivity contribution is 5.42. The molecule has 0 aliphatic heterocycles. The van der Waals surface area contributed by atoms with Crippen LogP contribution in [0, 0.1) is 0 Å². The highest BCUT2D eigenvalue weighted by atomic mass is 15.1. The van der Waals surface area contributed by atoms with Crippen molar-refractivity contribution in [1.82, 2.24) is 9.55 Å². The number of rotatable bonds is 5. The molecule has 1 aromatic rings. The zero-order chi connectivity index (χ0) is 14.7. The van der Waals surface area contributed by atoms with Gasteiger partial charge >= 0.3 is 0 Å². The Labute approximate surface area is 129 Å². The Morgan fingerprint density at radius 1 is 1.00 bits per heavy atom. The number of nitrogen functional groups attached to an aromatic ring is 1. The molecule has 21 heavy (non-hydrogen) atoms. The maximum Gasteiger partial charge on any atom is 0.127 e. The summed E-state index contributed by atoms with van der Waals surface area (Å²) >= 11 is 0. The van der Waals surface area contributed by atoms with E-state index in [1.54, 1.807) is 0 Å². The van der Waals surface area contributed by atoms with Gasteiger partial charge in [0.25, 0.3) is 0 Å². The van der Waals surface area contributed by atoms with Crippen LogP contribution in [0.3, 0.4) is 0 Å². The average molecular weight is 289 g/mol. The smallest absolute Gasteiger partial charge is 0.127 e. The number of aromatic nitrogens is 2. The van der Waals surface area contributed by atoms with Gasteiger partial charge in [0, 0.05) is 18.4 Å². The molecule has 0 spiro atoms. The second-order valence-electron chi connectivity index (χ2n) is 7.06. The second-order valence-corrected chi connectivity index (χ2v) is 7.06. The highest BCUT2D eigenvalue weighted by Gasteiger charge is 2.28. The minimum absolute atomic E-state index is 0.634. The quantitative estimate of drug-likeness (QED) is 0.831. The first-order valence-electron chi connectivity index (χ1n) is 9.17. The number of hydrogen-bond donors (Lipinski definition) is 1. The predicted molar refractivity (Wildman–Crippen MR) is 88.6 cm³/mol. The molecular formula is C18H31N3. The van der Waals surface area contributed by atoms with Crippen LogP contribution in [-0.2, 0) is 6.54 Å². The fourth-order valence-corrected chi connectivity index (χ4v) is 4.23. The maximum atomic E-state index is 6.53. The normalized spacial score (nSPS) is 21.2. The summed E-state index contributed by atoms with van der Waals surface area (Å²) in [6.45, 7) is 3.32. The van der Waals surface area contributed by atoms with Crippen molar-refractivity contribution >= 4 is 5.82 Å². The summed E-state index contributed by atoms with van der Waals surface area (Å²) in [5, 5.41) is 0. The largest absolute Gasteiger partial charge is 0.384 e. The molecule has 0 amide bonds. The van der Waals surface area contributed by atoms with Crippen molar-refractivity contribution in [1.29, 1.82) is 0 Å². The summed E-state index contributed by atoms with van der Waals surface area (Å²) in [6.07, 6.45) is 14.5. The van der Waals surface area contributed by atoms with Gasteiger partial charge in [-0.3, -0.25) is 0 Å². The molecule has 118 valence electrons. The zero-order valence-corrected chi connectivity index (χ0v) is 13.6. The summed E-state index contributed by atoms with van der Waals surface area (Å²) in [4.78, 5) is 5.11. The molecule has 3 heteroatoms. The third-order valence-corrected chi connectivity index (χ3v) is 5.51. The lowest BCUT2D eigenvalue weighted by Gasteiger charge is -2.22. The van der Waals surface area contributed by atoms with Crippen LogP contribution in [0.25, 0.3) is 0 Å². The SMILES string of the molecule is CCCCn1c(C2CCCCC2)nc(C2CCCC2)c1N. The molecular weight excluding hydrogens is 258 g/mol. The van der Waals surface area contributed by atoms with E-state index < -0.39 is 0 Å². The first kappa shape index (κ1) is 14.9. The lowest BCUT2D eigenvalue weighted by Crippen LogP contribution is -2.14. The van der Waals surface area contributed by atoms with Gasteiger partial charge in [-0.05, 0) is 32.1 Å². The Bertz CT molecular complexity index is 451. The maximum absolute atomic E-state index is 6.53. The van der Waals surface area contributed by atoms with Gasteiger partial charge in [0.15, 0.2) is 0 Å².